The molecule has 0 unspecified atom stereocenters. The average molecular weight is 259 g/mol. The molecule has 3 fully saturated rings. The predicted octanol–water partition coefficient (Wildman–Crippen LogP) is 2.43. The minimum absolute atomic E-state index is 0.0651. The molecule has 1 aromatic rings. The molecule has 3 aliphatic rings. The van der Waals surface area contributed by atoms with Crippen LogP contribution in [0.15, 0.2) is 17.2 Å². The van der Waals surface area contributed by atoms with E-state index in [2.05, 4.69) is 10.3 Å². The summed E-state index contributed by atoms with van der Waals surface area (Å²) in [6.45, 7) is 0.937. The van der Waals surface area contributed by atoms with Gasteiger partial charge in [-0.15, -0.1) is 0 Å². The Morgan fingerprint density at radius 2 is 1.89 bits per heavy atom. The number of aromatic nitrogens is 2. The first-order chi connectivity index (χ1) is 9.33. The van der Waals surface area contributed by atoms with Crippen LogP contribution in [0, 0.1) is 17.8 Å². The average Bonchev–Trinajstić information content (AvgIpc) is 3.29. The van der Waals surface area contributed by atoms with Crippen LogP contribution in [0.1, 0.15) is 44.6 Å². The summed E-state index contributed by atoms with van der Waals surface area (Å²) in [4.78, 5) is 16.5. The lowest BCUT2D eigenvalue weighted by molar-refractivity contribution is 0.427. The number of nitrogens with zero attached hydrogens (tertiary/aromatic N) is 2. The van der Waals surface area contributed by atoms with Gasteiger partial charge in [-0.1, -0.05) is 0 Å². The third-order valence-corrected chi connectivity index (χ3v) is 4.77. The summed E-state index contributed by atoms with van der Waals surface area (Å²) in [5, 5.41) is 3.33. The Morgan fingerprint density at radius 1 is 1.21 bits per heavy atom. The maximum atomic E-state index is 12.3. The Hall–Kier alpha value is -1.32. The van der Waals surface area contributed by atoms with Crippen molar-refractivity contribution in [1.82, 2.24) is 9.55 Å². The van der Waals surface area contributed by atoms with Crippen LogP contribution in [0.5, 0.6) is 0 Å². The molecule has 3 saturated carbocycles. The van der Waals surface area contributed by atoms with Gasteiger partial charge < -0.3 is 9.88 Å². The van der Waals surface area contributed by atoms with E-state index in [1.807, 2.05) is 10.8 Å². The number of nitrogens with one attached hydrogen (secondary N) is 1. The smallest absolute Gasteiger partial charge is 0.293 e. The van der Waals surface area contributed by atoms with Crippen LogP contribution in [-0.2, 0) is 0 Å². The van der Waals surface area contributed by atoms with Crippen LogP contribution in [-0.4, -0.2) is 16.1 Å². The molecule has 0 aromatic carbocycles. The lowest BCUT2D eigenvalue weighted by Crippen LogP contribution is -2.27. The van der Waals surface area contributed by atoms with Crippen molar-refractivity contribution < 1.29 is 0 Å². The highest BCUT2D eigenvalue weighted by molar-refractivity contribution is 5.31. The molecule has 0 aliphatic heterocycles. The van der Waals surface area contributed by atoms with E-state index < -0.39 is 0 Å². The zero-order valence-corrected chi connectivity index (χ0v) is 11.2. The maximum Gasteiger partial charge on any atom is 0.293 e. The molecule has 4 rings (SSSR count). The molecule has 4 nitrogen and oxygen atoms in total. The fraction of sp³-hybridized carbons (Fsp3) is 0.733. The molecule has 0 radical (unpaired) electrons. The Bertz CT molecular complexity index is 514. The number of hydrogen-bond donors (Lipinski definition) is 1. The zero-order chi connectivity index (χ0) is 12.8. The van der Waals surface area contributed by atoms with Crippen molar-refractivity contribution in [1.29, 1.82) is 0 Å². The van der Waals surface area contributed by atoms with E-state index in [9.17, 15) is 4.79 Å². The fourth-order valence-electron chi connectivity index (χ4n) is 3.17. The second-order valence-electron chi connectivity index (χ2n) is 6.44. The van der Waals surface area contributed by atoms with E-state index in [-0.39, 0.29) is 5.56 Å². The molecule has 0 atom stereocenters. The van der Waals surface area contributed by atoms with Crippen LogP contribution in [0.2, 0.25) is 0 Å². The van der Waals surface area contributed by atoms with E-state index in [1.165, 1.54) is 25.7 Å². The van der Waals surface area contributed by atoms with Gasteiger partial charge in [0.05, 0.1) is 0 Å². The molecule has 1 heterocycles. The molecule has 0 bridgehead atoms. The number of anilines is 1. The summed E-state index contributed by atoms with van der Waals surface area (Å²) in [7, 11) is 0. The van der Waals surface area contributed by atoms with Crippen LogP contribution in [0.3, 0.4) is 0 Å². The second-order valence-corrected chi connectivity index (χ2v) is 6.44. The first-order valence-electron chi connectivity index (χ1n) is 7.64. The maximum absolute atomic E-state index is 12.3. The van der Waals surface area contributed by atoms with Crippen molar-refractivity contribution in [3.8, 4) is 0 Å². The standard InChI is InChI=1S/C15H21N3O/c19-15-14(16-7-8-18(15)12-5-6-12)17-9-13(10-1-2-10)11-3-4-11/h7-8,10-13H,1-6,9H2,(H,16,17). The molecular weight excluding hydrogens is 238 g/mol. The van der Waals surface area contributed by atoms with Gasteiger partial charge in [0.2, 0.25) is 0 Å². The summed E-state index contributed by atoms with van der Waals surface area (Å²) < 4.78 is 1.85. The highest BCUT2D eigenvalue weighted by atomic mass is 16.1. The predicted molar refractivity (Wildman–Crippen MR) is 74.2 cm³/mol. The van der Waals surface area contributed by atoms with Crippen molar-refractivity contribution in [2.24, 2.45) is 17.8 Å². The van der Waals surface area contributed by atoms with E-state index in [1.54, 1.807) is 6.20 Å². The molecule has 1 N–H and O–H groups in total. The molecule has 4 heteroatoms. The van der Waals surface area contributed by atoms with Gasteiger partial charge in [0.15, 0.2) is 5.82 Å². The van der Waals surface area contributed by atoms with E-state index >= 15 is 0 Å². The summed E-state index contributed by atoms with van der Waals surface area (Å²) in [5.41, 5.74) is 0.0651. The van der Waals surface area contributed by atoms with Gasteiger partial charge in [0, 0.05) is 25.0 Å². The number of hydrogen-bond acceptors (Lipinski definition) is 3. The largest absolute Gasteiger partial charge is 0.365 e. The second kappa shape index (κ2) is 4.36. The van der Waals surface area contributed by atoms with Gasteiger partial charge in [-0.2, -0.15) is 0 Å². The minimum atomic E-state index is 0.0651. The number of rotatable bonds is 6. The first kappa shape index (κ1) is 11.5. The molecular formula is C15H21N3O. The SMILES string of the molecule is O=c1c(NCC(C2CC2)C2CC2)nccn1C1CC1. The normalized spacial score (nSPS) is 22.8. The van der Waals surface area contributed by atoms with Crippen molar-refractivity contribution in [3.63, 3.8) is 0 Å². The van der Waals surface area contributed by atoms with Crippen LogP contribution >= 0.6 is 0 Å². The van der Waals surface area contributed by atoms with E-state index in [4.69, 9.17) is 0 Å². The summed E-state index contributed by atoms with van der Waals surface area (Å²) in [5.74, 6) is 3.15. The Balaban J connectivity index is 1.47. The Morgan fingerprint density at radius 3 is 2.47 bits per heavy atom. The molecule has 102 valence electrons. The fourth-order valence-corrected chi connectivity index (χ4v) is 3.17. The topological polar surface area (TPSA) is 46.9 Å². The molecule has 19 heavy (non-hydrogen) atoms. The summed E-state index contributed by atoms with van der Waals surface area (Å²) >= 11 is 0. The van der Waals surface area contributed by atoms with Gasteiger partial charge in [-0.25, -0.2) is 4.98 Å². The van der Waals surface area contributed by atoms with Crippen molar-refractivity contribution in [2.45, 2.75) is 44.6 Å². The molecule has 0 amide bonds. The van der Waals surface area contributed by atoms with E-state index in [0.717, 1.165) is 37.1 Å². The third-order valence-electron chi connectivity index (χ3n) is 4.77. The van der Waals surface area contributed by atoms with Crippen LogP contribution in [0.4, 0.5) is 5.82 Å². The van der Waals surface area contributed by atoms with Gasteiger partial charge in [-0.3, -0.25) is 4.79 Å². The van der Waals surface area contributed by atoms with Gasteiger partial charge >= 0.3 is 0 Å². The van der Waals surface area contributed by atoms with Gasteiger partial charge in [0.25, 0.3) is 5.56 Å². The molecule has 0 spiro atoms. The van der Waals surface area contributed by atoms with E-state index in [0.29, 0.717) is 11.9 Å². The summed E-state index contributed by atoms with van der Waals surface area (Å²) in [6, 6.07) is 0.429. The third kappa shape index (κ3) is 2.40. The zero-order valence-electron chi connectivity index (χ0n) is 11.2. The summed E-state index contributed by atoms with van der Waals surface area (Å²) in [6.07, 6.45) is 11.4. The van der Waals surface area contributed by atoms with Crippen molar-refractivity contribution >= 4 is 5.82 Å². The molecule has 0 saturated heterocycles. The van der Waals surface area contributed by atoms with Crippen LogP contribution < -0.4 is 10.9 Å². The lowest BCUT2D eigenvalue weighted by atomic mass is 9.98. The monoisotopic (exact) mass is 259 g/mol. The quantitative estimate of drug-likeness (QED) is 0.853. The lowest BCUT2D eigenvalue weighted by Gasteiger charge is -2.16. The van der Waals surface area contributed by atoms with Crippen LogP contribution in [0.25, 0.3) is 0 Å². The van der Waals surface area contributed by atoms with Gasteiger partial charge in [-0.05, 0) is 56.3 Å². The Kier molecular flexibility index (Phi) is 2.64. The van der Waals surface area contributed by atoms with Gasteiger partial charge in [0.1, 0.15) is 0 Å². The highest BCUT2D eigenvalue weighted by Gasteiger charge is 2.41. The minimum Gasteiger partial charge on any atom is -0.365 e. The molecule has 3 aliphatic carbocycles. The van der Waals surface area contributed by atoms with Crippen molar-refractivity contribution in [3.05, 3.63) is 22.7 Å². The first-order valence-corrected chi connectivity index (χ1v) is 7.64. The van der Waals surface area contributed by atoms with Crippen molar-refractivity contribution in [2.75, 3.05) is 11.9 Å². The Labute approximate surface area is 113 Å². The molecule has 1 aromatic heterocycles. The highest BCUT2D eigenvalue weighted by Crippen LogP contribution is 2.49.